The average molecular weight is 990 g/mol. The Morgan fingerprint density at radius 1 is 0.944 bits per heavy atom. The zero-order chi connectivity index (χ0) is 51.8. The fraction of sp³-hybridized carbons (Fsp3) is 0.481. The highest BCUT2D eigenvalue weighted by atomic mass is 16.6. The number of hydrogen-bond acceptors (Lipinski definition) is 14. The van der Waals surface area contributed by atoms with Gasteiger partial charge in [-0.3, -0.25) is 33.8 Å². The Morgan fingerprint density at radius 3 is 2.35 bits per heavy atom. The molecule has 384 valence electrons. The number of amidine groups is 1. The quantitative estimate of drug-likeness (QED) is 0.0514. The first kappa shape index (κ1) is 53.8. The average Bonchev–Trinajstić information content (AvgIpc) is 3.90. The highest BCUT2D eigenvalue weighted by Crippen LogP contribution is 2.45. The summed E-state index contributed by atoms with van der Waals surface area (Å²) in [4.78, 5) is 90.5. The molecule has 2 fully saturated rings. The number of nitriles is 1. The van der Waals surface area contributed by atoms with Crippen LogP contribution in [0.2, 0.25) is 0 Å². The molecule has 0 radical (unpaired) electrons. The van der Waals surface area contributed by atoms with Crippen LogP contribution in [-0.2, 0) is 53.1 Å². The number of carbonyl (C=O) groups is 6. The Bertz CT molecular complexity index is 2490. The molecule has 3 heterocycles. The molecule has 20 nitrogen and oxygen atoms in total. The van der Waals surface area contributed by atoms with Gasteiger partial charge in [0.15, 0.2) is 0 Å². The Morgan fingerprint density at radius 2 is 1.68 bits per heavy atom. The molecule has 6 rings (SSSR count). The van der Waals surface area contributed by atoms with Gasteiger partial charge in [-0.2, -0.15) is 10.3 Å². The van der Waals surface area contributed by atoms with Crippen LogP contribution in [0.3, 0.4) is 0 Å². The number of amides is 6. The number of rotatable bonds is 23. The Kier molecular flexibility index (Phi) is 19.1. The van der Waals surface area contributed by atoms with Crippen molar-refractivity contribution in [2.24, 2.45) is 21.6 Å². The molecule has 0 bridgehead atoms. The zero-order valence-corrected chi connectivity index (χ0v) is 41.7. The first-order chi connectivity index (χ1) is 34.6. The smallest absolute Gasteiger partial charge is 0.410 e. The van der Waals surface area contributed by atoms with Gasteiger partial charge in [0.2, 0.25) is 17.7 Å². The second-order valence-corrected chi connectivity index (χ2v) is 18.7. The minimum Gasteiger partial charge on any atom is -0.496 e. The fourth-order valence-electron chi connectivity index (χ4n) is 8.63. The lowest BCUT2D eigenvalue weighted by molar-refractivity contribution is -0.137. The van der Waals surface area contributed by atoms with E-state index < -0.39 is 23.9 Å². The number of unbranched alkanes of at least 4 members (excludes halogenated alkanes) is 3. The number of carbonyl (C=O) groups excluding carboxylic acids is 6. The van der Waals surface area contributed by atoms with Crippen LogP contribution in [0.1, 0.15) is 88.8 Å². The van der Waals surface area contributed by atoms with Gasteiger partial charge < -0.3 is 45.7 Å². The first-order valence-corrected chi connectivity index (χ1v) is 24.5. The molecule has 4 aliphatic rings. The summed E-state index contributed by atoms with van der Waals surface area (Å²) >= 11 is 0. The molecular weight excluding hydrogens is 923 g/mol. The van der Waals surface area contributed by atoms with Crippen LogP contribution in [0.4, 0.5) is 10.5 Å². The summed E-state index contributed by atoms with van der Waals surface area (Å²) in [6, 6.07) is 14.5. The molecule has 1 aliphatic carbocycles. The highest BCUT2D eigenvalue weighted by molar-refractivity contribution is 6.12. The molecule has 5 N–H and O–H groups in total. The minimum atomic E-state index is -0.843. The summed E-state index contributed by atoms with van der Waals surface area (Å²) in [5, 5.41) is 18.1. The summed E-state index contributed by atoms with van der Waals surface area (Å²) in [7, 11) is 1.63. The summed E-state index contributed by atoms with van der Waals surface area (Å²) in [5.74, 6) is -1.24. The third-order valence-electron chi connectivity index (χ3n) is 13.0. The summed E-state index contributed by atoms with van der Waals surface area (Å²) in [5.41, 5.74) is 10.5. The predicted molar refractivity (Wildman–Crippen MR) is 269 cm³/mol. The van der Waals surface area contributed by atoms with Gasteiger partial charge in [0.05, 0.1) is 20.3 Å². The van der Waals surface area contributed by atoms with E-state index in [1.54, 1.807) is 56.2 Å². The number of nitrogens with one attached hydrogen (secondary N) is 3. The highest BCUT2D eigenvalue weighted by Gasteiger charge is 2.52. The number of methoxy groups -OCH3 is 1. The van der Waals surface area contributed by atoms with Gasteiger partial charge in [-0.15, -0.1) is 0 Å². The molecular formula is C52H67N11O9. The molecule has 2 aromatic carbocycles. The molecule has 3 aliphatic heterocycles. The van der Waals surface area contributed by atoms with Gasteiger partial charge in [0.1, 0.15) is 36.0 Å². The van der Waals surface area contributed by atoms with Crippen molar-refractivity contribution in [3.05, 3.63) is 94.5 Å². The number of nitrogens with two attached hydrogens (primary N) is 1. The topological polar surface area (TPSA) is 254 Å². The van der Waals surface area contributed by atoms with Gasteiger partial charge in [-0.05, 0) is 80.1 Å². The van der Waals surface area contributed by atoms with Crippen molar-refractivity contribution in [2.45, 2.75) is 103 Å². The van der Waals surface area contributed by atoms with Crippen LogP contribution in [0.5, 0.6) is 5.75 Å². The molecule has 0 aromatic heterocycles. The third kappa shape index (κ3) is 14.8. The maximum absolute atomic E-state index is 13.3. The van der Waals surface area contributed by atoms with Crippen molar-refractivity contribution in [3.8, 4) is 11.8 Å². The Hall–Kier alpha value is -7.53. The van der Waals surface area contributed by atoms with E-state index in [9.17, 15) is 34.0 Å². The van der Waals surface area contributed by atoms with E-state index in [2.05, 4.69) is 56.6 Å². The molecule has 2 aromatic rings. The standard InChI is InChI=1S/C52H67N11O9/c1-6-7-25-71-50(55-4)59-48(54)39-27-41(28-53)61(32-39)31-38-15-12-37(26-42(38)70-5)30-62-24-23-60(34-52(62)20-21-52)51(69)72-33-36-13-16-40(17-14-36)57-44(65)29-56-49(68)47(35(2)3)58-43(64)11-9-8-10-22-63-45(66)18-19-46(63)67/h12-19,26-27,35,47H,4,6-11,20-25,29-34,54H2,1-3,5H3,(H,56,68)(H,57,65)(H,58,64)/b48-39-,59-50+. The second-order valence-electron chi connectivity index (χ2n) is 18.7. The fourth-order valence-corrected chi connectivity index (χ4v) is 8.63. The van der Waals surface area contributed by atoms with Gasteiger partial charge in [0, 0.05) is 86.7 Å². The van der Waals surface area contributed by atoms with Crippen molar-refractivity contribution < 1.29 is 43.0 Å². The Balaban J connectivity index is 0.906. The lowest BCUT2D eigenvalue weighted by Gasteiger charge is -2.41. The second kappa shape index (κ2) is 25.5. The van der Waals surface area contributed by atoms with Crippen molar-refractivity contribution in [3.63, 3.8) is 0 Å². The van der Waals surface area contributed by atoms with E-state index in [1.165, 1.54) is 12.2 Å². The van der Waals surface area contributed by atoms with Crippen molar-refractivity contribution in [2.75, 3.05) is 58.3 Å². The number of nitrogens with zero attached hydrogens (tertiary/aromatic N) is 7. The molecule has 1 spiro atoms. The lowest BCUT2D eigenvalue weighted by atomic mass is 10.0. The van der Waals surface area contributed by atoms with E-state index in [1.807, 2.05) is 17.0 Å². The molecule has 1 atom stereocenters. The predicted octanol–water partition coefficient (Wildman–Crippen LogP) is 4.63. The molecule has 20 heteroatoms. The van der Waals surface area contributed by atoms with Crippen LogP contribution in [0.25, 0.3) is 0 Å². The zero-order valence-electron chi connectivity index (χ0n) is 41.7. The van der Waals surface area contributed by atoms with Crippen molar-refractivity contribution in [1.82, 2.24) is 30.2 Å². The molecule has 72 heavy (non-hydrogen) atoms. The summed E-state index contributed by atoms with van der Waals surface area (Å²) in [6.07, 6.45) is 9.43. The number of anilines is 1. The van der Waals surface area contributed by atoms with Gasteiger partial charge in [-0.1, -0.05) is 57.9 Å². The first-order valence-electron chi connectivity index (χ1n) is 24.5. The van der Waals surface area contributed by atoms with Crippen molar-refractivity contribution >= 4 is 54.1 Å². The maximum atomic E-state index is 13.3. The molecule has 1 unspecified atom stereocenters. The SMILES string of the molecule is C=N/C(=N\C(N)=C1\C=C(C#N)N(Cc2ccc(CN3CCN(C(=O)OCc4ccc(NC(=O)CNC(=O)C(NC(=O)CCCCCN5C(=O)C=CC5=O)C(C)C)cc4)CC34CC4)cc2OC)C1)OCCCC. The molecule has 1 saturated heterocycles. The third-order valence-corrected chi connectivity index (χ3v) is 13.0. The number of piperazine rings is 1. The van der Waals surface area contributed by atoms with Crippen LogP contribution in [0, 0.1) is 17.2 Å². The molecule has 6 amide bonds. The lowest BCUT2D eigenvalue weighted by Crippen LogP contribution is -2.56. The number of imide groups is 1. The number of hydrogen-bond donors (Lipinski definition) is 4. The minimum absolute atomic E-state index is 0.0485. The van der Waals surface area contributed by atoms with E-state index in [0.717, 1.165) is 47.3 Å². The molecule has 1 saturated carbocycles. The summed E-state index contributed by atoms with van der Waals surface area (Å²) in [6.45, 7) is 12.9. The number of aliphatic imine (C=N–C) groups is 2. The van der Waals surface area contributed by atoms with Gasteiger partial charge in [-0.25, -0.2) is 9.79 Å². The van der Waals surface area contributed by atoms with Crippen LogP contribution >= 0.6 is 0 Å². The monoisotopic (exact) mass is 990 g/mol. The van der Waals surface area contributed by atoms with Gasteiger partial charge >= 0.3 is 12.1 Å². The largest absolute Gasteiger partial charge is 0.496 e. The Labute approximate surface area is 421 Å². The van der Waals surface area contributed by atoms with Crippen LogP contribution in [-0.4, -0.2) is 133 Å². The van der Waals surface area contributed by atoms with Crippen molar-refractivity contribution in [1.29, 1.82) is 5.26 Å². The van der Waals surface area contributed by atoms with Crippen LogP contribution < -0.4 is 26.4 Å². The van der Waals surface area contributed by atoms with E-state index in [0.29, 0.717) is 87.8 Å². The van der Waals surface area contributed by atoms with Gasteiger partial charge in [0.25, 0.3) is 11.8 Å². The van der Waals surface area contributed by atoms with E-state index in [4.69, 9.17) is 19.9 Å². The number of benzene rings is 2. The summed E-state index contributed by atoms with van der Waals surface area (Å²) < 4.78 is 17.2. The van der Waals surface area contributed by atoms with E-state index in [-0.39, 0.29) is 67.1 Å². The normalized spacial score (nSPS) is 17.4. The van der Waals surface area contributed by atoms with E-state index >= 15 is 0 Å². The maximum Gasteiger partial charge on any atom is 0.410 e. The number of ether oxygens (including phenoxy) is 3. The number of allylic oxidation sites excluding steroid dienone is 1. The van der Waals surface area contributed by atoms with Crippen LogP contribution in [0.15, 0.2) is 87.8 Å².